The largest absolute Gasteiger partial charge is 0.278 e. The molecule has 0 spiro atoms. The Balaban J connectivity index is 2.93. The Morgan fingerprint density at radius 1 is 1.50 bits per heavy atom. The molecule has 2 aromatic rings. The Kier molecular flexibility index (Phi) is 1.14. The lowest BCUT2D eigenvalue weighted by atomic mass is 10.4. The van der Waals surface area contributed by atoms with Gasteiger partial charge >= 0.3 is 0 Å². The van der Waals surface area contributed by atoms with E-state index in [2.05, 4.69) is 22.8 Å². The lowest BCUT2D eigenvalue weighted by Crippen LogP contribution is -1.81. The molecule has 10 heavy (non-hydrogen) atoms. The van der Waals surface area contributed by atoms with Crippen LogP contribution in [0.15, 0.2) is 24.8 Å². The predicted octanol–water partition coefficient (Wildman–Crippen LogP) is 1.12. The van der Waals surface area contributed by atoms with Crippen molar-refractivity contribution in [3.63, 3.8) is 0 Å². The number of aromatic nitrogens is 3. The van der Waals surface area contributed by atoms with Crippen LogP contribution in [0.1, 0.15) is 0 Å². The second kappa shape index (κ2) is 1.98. The monoisotopic (exact) mass is 151 g/mol. The van der Waals surface area contributed by atoms with E-state index in [9.17, 15) is 0 Å². The highest BCUT2D eigenvalue weighted by Gasteiger charge is 1.95. The first-order valence-electron chi connectivity index (χ1n) is 2.84. The van der Waals surface area contributed by atoms with Gasteiger partial charge in [-0.15, -0.1) is 0 Å². The van der Waals surface area contributed by atoms with Crippen LogP contribution in [0.2, 0.25) is 0 Å². The van der Waals surface area contributed by atoms with Crippen molar-refractivity contribution >= 4 is 23.8 Å². The molecule has 2 aromatic heterocycles. The summed E-state index contributed by atoms with van der Waals surface area (Å²) in [7, 11) is 0. The van der Waals surface area contributed by atoms with Gasteiger partial charge in [-0.1, -0.05) is 12.8 Å². The molecule has 0 aliphatic rings. The third kappa shape index (κ3) is 0.690. The molecular formula is C6H5N3S. The average molecular weight is 151 g/mol. The molecule has 2 rings (SSSR count). The van der Waals surface area contributed by atoms with Gasteiger partial charge in [0.25, 0.3) is 0 Å². The normalized spacial score (nSPS) is 10.5. The number of hydrogen-bond acceptors (Lipinski definition) is 3. The molecule has 50 valence electrons. The summed E-state index contributed by atoms with van der Waals surface area (Å²) in [5, 5.41) is 1.01. The Labute approximate surface area is 63.3 Å². The molecule has 0 saturated carbocycles. The molecular weight excluding hydrogens is 146 g/mol. The molecule has 0 saturated heterocycles. The van der Waals surface area contributed by atoms with Crippen LogP contribution >= 0.6 is 12.8 Å². The zero-order valence-corrected chi connectivity index (χ0v) is 5.99. The zero-order chi connectivity index (χ0) is 6.97. The number of nitrogens with zero attached hydrogens (tertiary/aromatic N) is 3. The first-order chi connectivity index (χ1) is 4.88. The predicted molar refractivity (Wildman–Crippen MR) is 41.9 cm³/mol. The lowest BCUT2D eigenvalue weighted by Gasteiger charge is -1.89. The van der Waals surface area contributed by atoms with Crippen LogP contribution in [0.3, 0.4) is 0 Å². The van der Waals surface area contributed by atoms with Crippen molar-refractivity contribution < 1.29 is 0 Å². The van der Waals surface area contributed by atoms with E-state index < -0.39 is 0 Å². The highest BCUT2D eigenvalue weighted by atomic mass is 32.1. The minimum atomic E-state index is 0.846. The van der Waals surface area contributed by atoms with E-state index in [4.69, 9.17) is 0 Å². The van der Waals surface area contributed by atoms with E-state index in [-0.39, 0.29) is 0 Å². The molecule has 0 atom stereocenters. The number of fused-ring (bicyclic) bond motifs is 1. The fourth-order valence-electron chi connectivity index (χ4n) is 0.864. The Morgan fingerprint density at radius 2 is 2.40 bits per heavy atom. The molecule has 3 nitrogen and oxygen atoms in total. The van der Waals surface area contributed by atoms with Crippen molar-refractivity contribution in [1.29, 1.82) is 0 Å². The molecule has 0 aliphatic heterocycles. The molecule has 0 bridgehead atoms. The molecule has 0 N–H and O–H groups in total. The van der Waals surface area contributed by atoms with Crippen LogP contribution in [0, 0.1) is 0 Å². The van der Waals surface area contributed by atoms with Crippen molar-refractivity contribution in [3.05, 3.63) is 24.8 Å². The lowest BCUT2D eigenvalue weighted by molar-refractivity contribution is 1.18. The van der Waals surface area contributed by atoms with Crippen LogP contribution in [0.5, 0.6) is 0 Å². The van der Waals surface area contributed by atoms with Crippen LogP contribution in [0.25, 0.3) is 11.0 Å². The third-order valence-electron chi connectivity index (χ3n) is 1.33. The van der Waals surface area contributed by atoms with Crippen LogP contribution in [-0.2, 0) is 0 Å². The molecule has 0 amide bonds. The van der Waals surface area contributed by atoms with Gasteiger partial charge in [-0.25, -0.2) is 9.97 Å². The van der Waals surface area contributed by atoms with Crippen LogP contribution in [-0.4, -0.2) is 13.9 Å². The minimum absolute atomic E-state index is 0.846. The molecule has 2 heterocycles. The summed E-state index contributed by atoms with van der Waals surface area (Å²) >= 11 is 4.13. The Hall–Kier alpha value is -1.03. The summed E-state index contributed by atoms with van der Waals surface area (Å²) in [4.78, 5) is 7.88. The maximum Gasteiger partial charge on any atom is 0.153 e. The van der Waals surface area contributed by atoms with Crippen molar-refractivity contribution in [1.82, 2.24) is 13.9 Å². The topological polar surface area (TPSA) is 30.7 Å². The maximum atomic E-state index is 4.13. The molecule has 0 aromatic carbocycles. The quantitative estimate of drug-likeness (QED) is 0.572. The van der Waals surface area contributed by atoms with Crippen molar-refractivity contribution in [3.8, 4) is 0 Å². The fraction of sp³-hybridized carbons (Fsp3) is 0. The van der Waals surface area contributed by atoms with E-state index in [0.717, 1.165) is 11.0 Å². The summed E-state index contributed by atoms with van der Waals surface area (Å²) < 4.78 is 1.66. The first kappa shape index (κ1) is 5.73. The fourth-order valence-corrected chi connectivity index (χ4v) is 1.10. The highest BCUT2D eigenvalue weighted by molar-refractivity contribution is 7.78. The molecule has 4 heteroatoms. The van der Waals surface area contributed by atoms with Crippen LogP contribution < -0.4 is 0 Å². The van der Waals surface area contributed by atoms with E-state index in [1.54, 1.807) is 10.2 Å². The van der Waals surface area contributed by atoms with Crippen LogP contribution in [0.4, 0.5) is 0 Å². The molecule has 0 fully saturated rings. The van der Waals surface area contributed by atoms with Gasteiger partial charge in [0.15, 0.2) is 5.65 Å². The second-order valence-electron chi connectivity index (χ2n) is 1.96. The van der Waals surface area contributed by atoms with Crippen molar-refractivity contribution in [2.45, 2.75) is 0 Å². The first-order valence-corrected chi connectivity index (χ1v) is 3.24. The summed E-state index contributed by atoms with van der Waals surface area (Å²) in [6.07, 6.45) is 5.10. The van der Waals surface area contributed by atoms with Crippen molar-refractivity contribution in [2.24, 2.45) is 0 Å². The van der Waals surface area contributed by atoms with Gasteiger partial charge in [0.05, 0.1) is 0 Å². The van der Waals surface area contributed by atoms with Gasteiger partial charge in [-0.05, 0) is 6.07 Å². The van der Waals surface area contributed by atoms with Gasteiger partial charge in [0.2, 0.25) is 0 Å². The van der Waals surface area contributed by atoms with Gasteiger partial charge in [0, 0.05) is 17.8 Å². The van der Waals surface area contributed by atoms with E-state index >= 15 is 0 Å². The van der Waals surface area contributed by atoms with Gasteiger partial charge < -0.3 is 0 Å². The Bertz CT molecular complexity index is 355. The zero-order valence-electron chi connectivity index (χ0n) is 5.10. The van der Waals surface area contributed by atoms with E-state index in [1.807, 2.05) is 12.3 Å². The summed E-state index contributed by atoms with van der Waals surface area (Å²) in [5.41, 5.74) is 0.846. The third-order valence-corrected chi connectivity index (χ3v) is 1.65. The maximum absolute atomic E-state index is 4.13. The number of rotatable bonds is 0. The molecule has 0 aliphatic carbocycles. The molecule has 0 radical (unpaired) electrons. The summed E-state index contributed by atoms with van der Waals surface area (Å²) in [6, 6.07) is 1.92. The van der Waals surface area contributed by atoms with Gasteiger partial charge in [-0.2, -0.15) is 0 Å². The van der Waals surface area contributed by atoms with E-state index in [1.165, 1.54) is 6.33 Å². The van der Waals surface area contributed by atoms with Gasteiger partial charge in [0.1, 0.15) is 6.33 Å². The van der Waals surface area contributed by atoms with E-state index in [0.29, 0.717) is 0 Å². The van der Waals surface area contributed by atoms with Gasteiger partial charge in [-0.3, -0.25) is 3.97 Å². The molecule has 0 unspecified atom stereocenters. The standard InChI is InChI=1S/C6H5N3S/c10-9-2-1-5-3-7-4-8-6(5)9/h1-4,10H. The smallest absolute Gasteiger partial charge is 0.153 e. The second-order valence-corrected chi connectivity index (χ2v) is 2.39. The number of thiol groups is 1. The highest BCUT2D eigenvalue weighted by Crippen LogP contribution is 2.10. The number of hydrogen-bond donors (Lipinski definition) is 1. The summed E-state index contributed by atoms with van der Waals surface area (Å²) in [5.74, 6) is 0. The van der Waals surface area contributed by atoms with Crippen molar-refractivity contribution in [2.75, 3.05) is 0 Å². The average Bonchev–Trinajstić information content (AvgIpc) is 2.34. The Morgan fingerprint density at radius 3 is 3.20 bits per heavy atom. The SMILES string of the molecule is Sn1ccc2cncnc21. The summed E-state index contributed by atoms with van der Waals surface area (Å²) in [6.45, 7) is 0. The minimum Gasteiger partial charge on any atom is -0.278 e.